The molecule has 0 saturated heterocycles. The molecule has 0 aliphatic rings. The van der Waals surface area contributed by atoms with Crippen LogP contribution in [0.15, 0.2) is 193 Å². The topological polar surface area (TPSA) is 34.2 Å². The SMILES string of the molecule is c1ccc(N(c2cccnc2)c2ccc3c4cc(-c5ccc6oc7ccccc7c6c5)ccc4n(-c4ccc5ccc6ccccc6c5c4)c3c2)cc1. The van der Waals surface area contributed by atoms with Gasteiger partial charge >= 0.3 is 0 Å². The molecule has 0 amide bonds. The van der Waals surface area contributed by atoms with Gasteiger partial charge in [-0.3, -0.25) is 4.98 Å². The summed E-state index contributed by atoms with van der Waals surface area (Å²) in [5.74, 6) is 0. The first-order valence-corrected chi connectivity index (χ1v) is 17.9. The molecule has 0 saturated carbocycles. The molecule has 0 N–H and O–H groups in total. The van der Waals surface area contributed by atoms with Crippen molar-refractivity contribution in [3.8, 4) is 16.8 Å². The average Bonchev–Trinajstić information content (AvgIpc) is 3.76. The Morgan fingerprint density at radius 1 is 0.415 bits per heavy atom. The van der Waals surface area contributed by atoms with Gasteiger partial charge in [-0.05, 0) is 112 Å². The molecule has 0 unspecified atom stereocenters. The van der Waals surface area contributed by atoms with Gasteiger partial charge in [-0.15, -0.1) is 0 Å². The van der Waals surface area contributed by atoms with E-state index in [1.165, 1.54) is 37.9 Å². The standard InChI is InChI=1S/C49H31N3O/c1-2-10-36(11-3-1)51(39-12-8-26-50-31-39)38-22-23-41-44-27-34(35-20-25-49-45(28-35)42-14-6-7-15-48(42)53-49)19-24-46(44)52(47(41)30-38)37-21-18-33-17-16-32-9-4-5-13-40(32)43(33)29-37/h1-31H. The van der Waals surface area contributed by atoms with Gasteiger partial charge < -0.3 is 13.9 Å². The Morgan fingerprint density at radius 3 is 2.00 bits per heavy atom. The van der Waals surface area contributed by atoms with Crippen LogP contribution in [0.5, 0.6) is 0 Å². The molecular formula is C49H31N3O. The minimum atomic E-state index is 0.903. The fourth-order valence-electron chi connectivity index (χ4n) is 8.15. The van der Waals surface area contributed by atoms with E-state index in [0.717, 1.165) is 61.3 Å². The minimum Gasteiger partial charge on any atom is -0.456 e. The normalized spacial score (nSPS) is 11.8. The number of benzene rings is 8. The maximum absolute atomic E-state index is 6.16. The second-order valence-electron chi connectivity index (χ2n) is 13.7. The van der Waals surface area contributed by atoms with Gasteiger partial charge in [0.15, 0.2) is 0 Å². The molecule has 8 aromatic carbocycles. The number of furan rings is 1. The fraction of sp³-hybridized carbons (Fsp3) is 0. The largest absolute Gasteiger partial charge is 0.456 e. The molecule has 0 aliphatic heterocycles. The van der Waals surface area contributed by atoms with Crippen molar-refractivity contribution < 1.29 is 4.42 Å². The number of para-hydroxylation sites is 2. The molecule has 53 heavy (non-hydrogen) atoms. The van der Waals surface area contributed by atoms with Crippen LogP contribution in [0.2, 0.25) is 0 Å². The van der Waals surface area contributed by atoms with Crippen molar-refractivity contribution in [3.05, 3.63) is 188 Å². The van der Waals surface area contributed by atoms with E-state index in [1.807, 2.05) is 30.6 Å². The van der Waals surface area contributed by atoms with E-state index < -0.39 is 0 Å². The first-order chi connectivity index (χ1) is 26.3. The molecule has 0 fully saturated rings. The number of hydrogen-bond donors (Lipinski definition) is 0. The van der Waals surface area contributed by atoms with Crippen molar-refractivity contribution >= 4 is 82.4 Å². The van der Waals surface area contributed by atoms with Crippen LogP contribution >= 0.6 is 0 Å². The van der Waals surface area contributed by atoms with E-state index in [1.54, 1.807) is 0 Å². The van der Waals surface area contributed by atoms with E-state index in [0.29, 0.717) is 0 Å². The molecule has 248 valence electrons. The van der Waals surface area contributed by atoms with Crippen molar-refractivity contribution in [2.24, 2.45) is 0 Å². The molecule has 3 heterocycles. The first-order valence-electron chi connectivity index (χ1n) is 17.9. The molecule has 4 heteroatoms. The third kappa shape index (κ3) is 4.73. The molecule has 0 bridgehead atoms. The van der Waals surface area contributed by atoms with Crippen molar-refractivity contribution in [1.29, 1.82) is 0 Å². The van der Waals surface area contributed by atoms with E-state index in [9.17, 15) is 0 Å². The number of pyridine rings is 1. The zero-order chi connectivity index (χ0) is 34.9. The number of nitrogens with zero attached hydrogens (tertiary/aromatic N) is 3. The molecular weight excluding hydrogens is 647 g/mol. The Labute approximate surface area is 305 Å². The Kier molecular flexibility index (Phi) is 6.52. The van der Waals surface area contributed by atoms with E-state index in [4.69, 9.17) is 4.42 Å². The lowest BCUT2D eigenvalue weighted by Gasteiger charge is -2.25. The van der Waals surface area contributed by atoms with Crippen LogP contribution in [0.1, 0.15) is 0 Å². The maximum atomic E-state index is 6.16. The van der Waals surface area contributed by atoms with Gasteiger partial charge in [-0.25, -0.2) is 0 Å². The number of aromatic nitrogens is 2. The highest BCUT2D eigenvalue weighted by atomic mass is 16.3. The van der Waals surface area contributed by atoms with Crippen LogP contribution in [0, 0.1) is 0 Å². The smallest absolute Gasteiger partial charge is 0.135 e. The number of rotatable bonds is 5. The van der Waals surface area contributed by atoms with Crippen LogP contribution in [-0.4, -0.2) is 9.55 Å². The Hall–Kier alpha value is -7.17. The third-order valence-electron chi connectivity index (χ3n) is 10.6. The Balaban J connectivity index is 1.17. The molecule has 11 rings (SSSR count). The highest BCUT2D eigenvalue weighted by Gasteiger charge is 2.19. The lowest BCUT2D eigenvalue weighted by atomic mass is 10.0. The minimum absolute atomic E-state index is 0.903. The van der Waals surface area contributed by atoms with Gasteiger partial charge in [-0.2, -0.15) is 0 Å². The molecule has 0 spiro atoms. The summed E-state index contributed by atoms with van der Waals surface area (Å²) in [6.07, 6.45) is 3.75. The van der Waals surface area contributed by atoms with Gasteiger partial charge in [0.25, 0.3) is 0 Å². The average molecular weight is 678 g/mol. The predicted octanol–water partition coefficient (Wildman–Crippen LogP) is 13.5. The second kappa shape index (κ2) is 11.7. The van der Waals surface area contributed by atoms with Crippen molar-refractivity contribution in [2.75, 3.05) is 4.90 Å². The first kappa shape index (κ1) is 29.5. The second-order valence-corrected chi connectivity index (χ2v) is 13.7. The third-order valence-corrected chi connectivity index (χ3v) is 10.6. The van der Waals surface area contributed by atoms with Crippen LogP contribution in [-0.2, 0) is 0 Å². The molecule has 11 aromatic rings. The molecule has 4 nitrogen and oxygen atoms in total. The van der Waals surface area contributed by atoms with Crippen LogP contribution in [0.25, 0.3) is 82.1 Å². The quantitative estimate of drug-likeness (QED) is 0.170. The van der Waals surface area contributed by atoms with Gasteiger partial charge in [0.1, 0.15) is 11.2 Å². The summed E-state index contributed by atoms with van der Waals surface area (Å²) in [4.78, 5) is 6.77. The van der Waals surface area contributed by atoms with E-state index in [2.05, 4.69) is 172 Å². The van der Waals surface area contributed by atoms with E-state index in [-0.39, 0.29) is 0 Å². The Morgan fingerprint density at radius 2 is 1.13 bits per heavy atom. The highest BCUT2D eigenvalue weighted by Crippen LogP contribution is 2.41. The summed E-state index contributed by atoms with van der Waals surface area (Å²) in [6, 6.07) is 63.1. The predicted molar refractivity (Wildman–Crippen MR) is 221 cm³/mol. The summed E-state index contributed by atoms with van der Waals surface area (Å²) < 4.78 is 8.59. The maximum Gasteiger partial charge on any atom is 0.135 e. The van der Waals surface area contributed by atoms with Crippen LogP contribution in [0.4, 0.5) is 17.1 Å². The van der Waals surface area contributed by atoms with Gasteiger partial charge in [0, 0.05) is 44.8 Å². The summed E-state index contributed by atoms with van der Waals surface area (Å²) >= 11 is 0. The molecule has 3 aromatic heterocycles. The summed E-state index contributed by atoms with van der Waals surface area (Å²) in [6.45, 7) is 0. The summed E-state index contributed by atoms with van der Waals surface area (Å²) in [5.41, 5.74) is 10.7. The highest BCUT2D eigenvalue weighted by molar-refractivity contribution is 6.13. The lowest BCUT2D eigenvalue weighted by molar-refractivity contribution is 0.669. The van der Waals surface area contributed by atoms with Gasteiger partial charge in [0.2, 0.25) is 0 Å². The van der Waals surface area contributed by atoms with Crippen molar-refractivity contribution in [2.45, 2.75) is 0 Å². The van der Waals surface area contributed by atoms with Crippen molar-refractivity contribution in [1.82, 2.24) is 9.55 Å². The fourth-order valence-corrected chi connectivity index (χ4v) is 8.15. The molecule has 0 atom stereocenters. The van der Waals surface area contributed by atoms with E-state index >= 15 is 0 Å². The Bertz CT molecular complexity index is 3140. The summed E-state index contributed by atoms with van der Waals surface area (Å²) in [5, 5.41) is 9.62. The lowest BCUT2D eigenvalue weighted by Crippen LogP contribution is -2.10. The van der Waals surface area contributed by atoms with Gasteiger partial charge in [-0.1, -0.05) is 97.1 Å². The molecule has 0 radical (unpaired) electrons. The summed E-state index contributed by atoms with van der Waals surface area (Å²) in [7, 11) is 0. The van der Waals surface area contributed by atoms with Crippen LogP contribution in [0.3, 0.4) is 0 Å². The monoisotopic (exact) mass is 677 g/mol. The number of fused-ring (bicyclic) bond motifs is 9. The number of anilines is 3. The number of hydrogen-bond acceptors (Lipinski definition) is 3. The zero-order valence-electron chi connectivity index (χ0n) is 28.6. The van der Waals surface area contributed by atoms with Gasteiger partial charge in [0.05, 0.1) is 22.9 Å². The van der Waals surface area contributed by atoms with Crippen molar-refractivity contribution in [3.63, 3.8) is 0 Å². The molecule has 0 aliphatic carbocycles. The van der Waals surface area contributed by atoms with Crippen LogP contribution < -0.4 is 4.90 Å². The zero-order valence-corrected chi connectivity index (χ0v) is 28.6.